The van der Waals surface area contributed by atoms with Crippen molar-refractivity contribution in [3.63, 3.8) is 0 Å². The summed E-state index contributed by atoms with van der Waals surface area (Å²) in [5.41, 5.74) is 2.24. The highest BCUT2D eigenvalue weighted by Gasteiger charge is 2.09. The molecule has 4 nitrogen and oxygen atoms in total. The topological polar surface area (TPSA) is 33.7 Å². The van der Waals surface area contributed by atoms with Crippen LogP contribution in [-0.2, 0) is 16.0 Å². The molecular formula is C15H25ClN2O2. The van der Waals surface area contributed by atoms with Crippen LogP contribution in [0.5, 0.6) is 0 Å². The number of nitrogens with zero attached hydrogens (tertiary/aromatic N) is 1. The largest absolute Gasteiger partial charge is 0.383 e. The first-order valence-electron chi connectivity index (χ1n) is 6.94. The molecule has 1 aromatic rings. The van der Waals surface area contributed by atoms with Gasteiger partial charge in [0.05, 0.1) is 23.9 Å². The van der Waals surface area contributed by atoms with Gasteiger partial charge in [0.2, 0.25) is 0 Å². The maximum Gasteiger partial charge on any atom is 0.0642 e. The molecule has 1 rings (SSSR count). The predicted molar refractivity (Wildman–Crippen MR) is 84.8 cm³/mol. The fourth-order valence-corrected chi connectivity index (χ4v) is 2.30. The van der Waals surface area contributed by atoms with E-state index in [0.29, 0.717) is 13.2 Å². The van der Waals surface area contributed by atoms with E-state index in [1.165, 1.54) is 5.56 Å². The number of anilines is 1. The van der Waals surface area contributed by atoms with Gasteiger partial charge < -0.3 is 19.7 Å². The van der Waals surface area contributed by atoms with Crippen LogP contribution in [0.15, 0.2) is 18.2 Å². The number of benzene rings is 1. The fraction of sp³-hybridized carbons (Fsp3) is 0.600. The van der Waals surface area contributed by atoms with Gasteiger partial charge in [-0.25, -0.2) is 0 Å². The average Bonchev–Trinajstić information content (AvgIpc) is 2.46. The quantitative estimate of drug-likeness (QED) is 0.673. The molecule has 20 heavy (non-hydrogen) atoms. The summed E-state index contributed by atoms with van der Waals surface area (Å²) in [6.07, 6.45) is 0. The molecule has 0 radical (unpaired) electrons. The molecule has 1 N–H and O–H groups in total. The van der Waals surface area contributed by atoms with Gasteiger partial charge in [0.25, 0.3) is 0 Å². The second-order valence-corrected chi connectivity index (χ2v) is 4.94. The van der Waals surface area contributed by atoms with Crippen molar-refractivity contribution in [2.45, 2.75) is 13.5 Å². The van der Waals surface area contributed by atoms with Gasteiger partial charge in [-0.15, -0.1) is 0 Å². The summed E-state index contributed by atoms with van der Waals surface area (Å²) in [6, 6.07) is 6.21. The molecule has 5 heteroatoms. The van der Waals surface area contributed by atoms with Crippen LogP contribution in [-0.4, -0.2) is 47.1 Å². The van der Waals surface area contributed by atoms with Crippen molar-refractivity contribution in [2.24, 2.45) is 0 Å². The lowest BCUT2D eigenvalue weighted by Gasteiger charge is -2.24. The van der Waals surface area contributed by atoms with E-state index in [2.05, 4.69) is 29.3 Å². The Balaban J connectivity index is 2.61. The maximum absolute atomic E-state index is 6.39. The average molecular weight is 301 g/mol. The van der Waals surface area contributed by atoms with Crippen molar-refractivity contribution < 1.29 is 9.47 Å². The van der Waals surface area contributed by atoms with Crippen LogP contribution in [0.2, 0.25) is 5.02 Å². The van der Waals surface area contributed by atoms with Crippen molar-refractivity contribution in [2.75, 3.05) is 52.0 Å². The van der Waals surface area contributed by atoms with Gasteiger partial charge in [0, 0.05) is 40.4 Å². The highest BCUT2D eigenvalue weighted by Crippen LogP contribution is 2.26. The number of likely N-dealkylation sites (N-methyl/N-ethyl adjacent to an activating group) is 1. The van der Waals surface area contributed by atoms with Crippen LogP contribution in [0, 0.1) is 0 Å². The molecule has 0 saturated carbocycles. The molecule has 0 aliphatic heterocycles. The number of nitrogens with one attached hydrogen (secondary N) is 1. The van der Waals surface area contributed by atoms with Crippen molar-refractivity contribution >= 4 is 17.3 Å². The normalized spacial score (nSPS) is 10.8. The molecule has 0 aliphatic carbocycles. The molecule has 0 unspecified atom stereocenters. The zero-order chi connectivity index (χ0) is 14.8. The molecule has 114 valence electrons. The van der Waals surface area contributed by atoms with Crippen molar-refractivity contribution in [3.05, 3.63) is 28.8 Å². The maximum atomic E-state index is 6.39. The van der Waals surface area contributed by atoms with Gasteiger partial charge in [-0.1, -0.05) is 17.7 Å². The van der Waals surface area contributed by atoms with E-state index in [1.807, 2.05) is 6.07 Å². The number of halogens is 1. The summed E-state index contributed by atoms with van der Waals surface area (Å²) in [5.74, 6) is 0. The number of hydrogen-bond donors (Lipinski definition) is 1. The summed E-state index contributed by atoms with van der Waals surface area (Å²) >= 11 is 6.39. The Labute approximate surface area is 127 Å². The molecule has 0 aliphatic rings. The lowest BCUT2D eigenvalue weighted by atomic mass is 10.2. The molecular weight excluding hydrogens is 276 g/mol. The van der Waals surface area contributed by atoms with Gasteiger partial charge in [-0.2, -0.15) is 0 Å². The first-order valence-corrected chi connectivity index (χ1v) is 7.32. The minimum atomic E-state index is 0.699. The smallest absolute Gasteiger partial charge is 0.0642 e. The number of ether oxygens (including phenoxy) is 2. The third kappa shape index (κ3) is 5.67. The molecule has 0 bridgehead atoms. The summed E-state index contributed by atoms with van der Waals surface area (Å²) in [6.45, 7) is 6.92. The lowest BCUT2D eigenvalue weighted by molar-refractivity contribution is 0.199. The Bertz CT molecular complexity index is 388. The highest BCUT2D eigenvalue weighted by atomic mass is 35.5. The van der Waals surface area contributed by atoms with Gasteiger partial charge in [0.15, 0.2) is 0 Å². The Morgan fingerprint density at radius 3 is 2.55 bits per heavy atom. The molecule has 0 spiro atoms. The zero-order valence-electron chi connectivity index (χ0n) is 12.6. The lowest BCUT2D eigenvalue weighted by Crippen LogP contribution is -2.27. The molecule has 0 amide bonds. The van der Waals surface area contributed by atoms with E-state index in [0.717, 1.165) is 36.9 Å². The Kier molecular flexibility index (Phi) is 8.62. The number of rotatable bonds is 10. The standard InChI is InChI=1S/C15H25ClN2O2/c1-4-18(8-10-20-3)15-6-5-13(11-14(15)16)12-17-7-9-19-2/h5-6,11,17H,4,7-10,12H2,1-3H3. The molecule has 0 aromatic heterocycles. The first kappa shape index (κ1) is 17.2. The van der Waals surface area contributed by atoms with Crippen molar-refractivity contribution in [3.8, 4) is 0 Å². The first-order chi connectivity index (χ1) is 9.72. The van der Waals surface area contributed by atoms with Crippen LogP contribution >= 0.6 is 11.6 Å². The molecule has 1 aromatic carbocycles. The van der Waals surface area contributed by atoms with Crippen molar-refractivity contribution in [1.82, 2.24) is 5.32 Å². The van der Waals surface area contributed by atoms with Crippen LogP contribution < -0.4 is 10.2 Å². The van der Waals surface area contributed by atoms with E-state index in [4.69, 9.17) is 21.1 Å². The van der Waals surface area contributed by atoms with Crippen LogP contribution in [0.4, 0.5) is 5.69 Å². The number of hydrogen-bond acceptors (Lipinski definition) is 4. The fourth-order valence-electron chi connectivity index (χ4n) is 1.97. The van der Waals surface area contributed by atoms with Crippen molar-refractivity contribution in [1.29, 1.82) is 0 Å². The third-order valence-electron chi connectivity index (χ3n) is 3.11. The van der Waals surface area contributed by atoms with Gasteiger partial charge in [-0.05, 0) is 24.6 Å². The van der Waals surface area contributed by atoms with Gasteiger partial charge in [-0.3, -0.25) is 0 Å². The Morgan fingerprint density at radius 2 is 1.95 bits per heavy atom. The zero-order valence-corrected chi connectivity index (χ0v) is 13.4. The van der Waals surface area contributed by atoms with Crippen LogP contribution in [0.3, 0.4) is 0 Å². The van der Waals surface area contributed by atoms with Crippen LogP contribution in [0.25, 0.3) is 0 Å². The van der Waals surface area contributed by atoms with E-state index in [1.54, 1.807) is 14.2 Å². The third-order valence-corrected chi connectivity index (χ3v) is 3.41. The molecule has 0 heterocycles. The van der Waals surface area contributed by atoms with Gasteiger partial charge >= 0.3 is 0 Å². The Hall–Kier alpha value is -0.810. The molecule has 0 saturated heterocycles. The highest BCUT2D eigenvalue weighted by molar-refractivity contribution is 6.33. The van der Waals surface area contributed by atoms with Crippen LogP contribution in [0.1, 0.15) is 12.5 Å². The summed E-state index contributed by atoms with van der Waals surface area (Å²) in [5, 5.41) is 4.10. The summed E-state index contributed by atoms with van der Waals surface area (Å²) in [7, 11) is 3.41. The predicted octanol–water partition coefficient (Wildman–Crippen LogP) is 2.55. The van der Waals surface area contributed by atoms with Gasteiger partial charge in [0.1, 0.15) is 0 Å². The monoisotopic (exact) mass is 300 g/mol. The van der Waals surface area contributed by atoms with E-state index in [9.17, 15) is 0 Å². The summed E-state index contributed by atoms with van der Waals surface area (Å²) in [4.78, 5) is 2.22. The SMILES string of the molecule is CCN(CCOC)c1ccc(CNCCOC)cc1Cl. The molecule has 0 atom stereocenters. The second kappa shape index (κ2) is 10.00. The minimum absolute atomic E-state index is 0.699. The van der Waals surface area contributed by atoms with E-state index in [-0.39, 0.29) is 0 Å². The second-order valence-electron chi connectivity index (χ2n) is 4.53. The number of methoxy groups -OCH3 is 2. The minimum Gasteiger partial charge on any atom is -0.383 e. The summed E-state index contributed by atoms with van der Waals surface area (Å²) < 4.78 is 10.1. The Morgan fingerprint density at radius 1 is 1.20 bits per heavy atom. The van der Waals surface area contributed by atoms with E-state index < -0.39 is 0 Å². The molecule has 0 fully saturated rings. The van der Waals surface area contributed by atoms with E-state index >= 15 is 0 Å².